The Bertz CT molecular complexity index is 848. The van der Waals surface area contributed by atoms with Crippen molar-refractivity contribution in [1.29, 1.82) is 0 Å². The minimum Gasteiger partial charge on any atom is -0.461 e. The van der Waals surface area contributed by atoms with Gasteiger partial charge in [-0.2, -0.15) is 0 Å². The van der Waals surface area contributed by atoms with Crippen molar-refractivity contribution in [2.75, 3.05) is 13.1 Å². The first kappa shape index (κ1) is 18.4. The third-order valence-corrected chi connectivity index (χ3v) is 6.12. The number of amides is 2. The Morgan fingerprint density at radius 2 is 1.96 bits per heavy atom. The molecule has 0 bridgehead atoms. The molecule has 6 heteroatoms. The Labute approximate surface area is 164 Å². The van der Waals surface area contributed by atoms with E-state index < -0.39 is 0 Å². The van der Waals surface area contributed by atoms with Gasteiger partial charge in [0.05, 0.1) is 0 Å². The summed E-state index contributed by atoms with van der Waals surface area (Å²) < 4.78 is 6.00. The number of likely N-dealkylation sites (tertiary alicyclic amines) is 1. The van der Waals surface area contributed by atoms with Gasteiger partial charge in [-0.3, -0.25) is 9.59 Å². The lowest BCUT2D eigenvalue weighted by molar-refractivity contribution is -0.141. The first-order valence-corrected chi connectivity index (χ1v) is 10.2. The van der Waals surface area contributed by atoms with E-state index in [1.165, 1.54) is 0 Å². The van der Waals surface area contributed by atoms with Crippen LogP contribution in [0.2, 0.25) is 5.02 Å². The van der Waals surface area contributed by atoms with E-state index in [9.17, 15) is 9.59 Å². The van der Waals surface area contributed by atoms with Gasteiger partial charge in [-0.15, -0.1) is 0 Å². The summed E-state index contributed by atoms with van der Waals surface area (Å²) in [4.78, 5) is 26.1. The third kappa shape index (κ3) is 3.84. The molecule has 1 aliphatic heterocycles. The van der Waals surface area contributed by atoms with Crippen LogP contribution < -0.4 is 5.32 Å². The van der Waals surface area contributed by atoms with Gasteiger partial charge in [-0.05, 0) is 49.9 Å². The smallest absolute Gasteiger partial charge is 0.225 e. The number of carbonyl (C=O) groups excluding carboxylic acids is 2. The monoisotopic (exact) mass is 388 g/mol. The number of nitrogens with one attached hydrogen (secondary N) is 1. The van der Waals surface area contributed by atoms with Crippen LogP contribution >= 0.6 is 11.6 Å². The molecule has 2 aliphatic rings. The molecule has 2 heterocycles. The zero-order valence-corrected chi connectivity index (χ0v) is 16.3. The summed E-state index contributed by atoms with van der Waals surface area (Å²) in [7, 11) is 0. The zero-order valence-electron chi connectivity index (χ0n) is 15.5. The summed E-state index contributed by atoms with van der Waals surface area (Å²) in [6.45, 7) is 3.38. The molecule has 144 valence electrons. The Hall–Kier alpha value is -2.01. The predicted molar refractivity (Wildman–Crippen MR) is 105 cm³/mol. The number of fused-ring (bicyclic) bond motifs is 1. The van der Waals surface area contributed by atoms with E-state index in [2.05, 4.69) is 11.4 Å². The lowest BCUT2D eigenvalue weighted by Crippen LogP contribution is -2.51. The lowest BCUT2D eigenvalue weighted by atomic mass is 9.78. The molecule has 0 radical (unpaired) electrons. The van der Waals surface area contributed by atoms with Crippen LogP contribution in [-0.2, 0) is 9.59 Å². The molecule has 1 aliphatic carbocycles. The topological polar surface area (TPSA) is 62.6 Å². The van der Waals surface area contributed by atoms with Crippen molar-refractivity contribution in [3.05, 3.63) is 35.0 Å². The van der Waals surface area contributed by atoms with Crippen molar-refractivity contribution < 1.29 is 14.0 Å². The summed E-state index contributed by atoms with van der Waals surface area (Å²) in [5.41, 5.74) is 0.863. The Morgan fingerprint density at radius 3 is 2.67 bits per heavy atom. The highest BCUT2D eigenvalue weighted by Crippen LogP contribution is 2.35. The molecule has 0 spiro atoms. The fraction of sp³-hybridized carbons (Fsp3) is 0.524. The molecule has 0 unspecified atom stereocenters. The van der Waals surface area contributed by atoms with Gasteiger partial charge in [0.2, 0.25) is 11.8 Å². The van der Waals surface area contributed by atoms with Gasteiger partial charge in [0.25, 0.3) is 0 Å². The summed E-state index contributed by atoms with van der Waals surface area (Å²) in [5, 5.41) is 4.71. The minimum atomic E-state index is 0.0667. The summed E-state index contributed by atoms with van der Waals surface area (Å²) >= 11 is 6.05. The largest absolute Gasteiger partial charge is 0.461 e. The van der Waals surface area contributed by atoms with Crippen LogP contribution in [0.1, 0.15) is 50.7 Å². The fourth-order valence-electron chi connectivity index (χ4n) is 4.15. The first-order valence-electron chi connectivity index (χ1n) is 9.80. The number of nitrogens with zero attached hydrogens (tertiary/aromatic N) is 1. The van der Waals surface area contributed by atoms with Crippen molar-refractivity contribution in [2.24, 2.45) is 5.92 Å². The van der Waals surface area contributed by atoms with Gasteiger partial charge in [0, 0.05) is 47.8 Å². The van der Waals surface area contributed by atoms with Crippen LogP contribution in [-0.4, -0.2) is 35.8 Å². The van der Waals surface area contributed by atoms with E-state index in [-0.39, 0.29) is 23.8 Å². The minimum absolute atomic E-state index is 0.0667. The Kier molecular flexibility index (Phi) is 5.13. The van der Waals surface area contributed by atoms with Gasteiger partial charge < -0.3 is 14.6 Å². The average Bonchev–Trinajstić information content (AvgIpc) is 3.06. The lowest BCUT2D eigenvalue weighted by Gasteiger charge is -2.40. The molecule has 1 N–H and O–H groups in total. The van der Waals surface area contributed by atoms with E-state index in [1.807, 2.05) is 30.0 Å². The number of hydrogen-bond acceptors (Lipinski definition) is 3. The molecular weight excluding hydrogens is 364 g/mol. The van der Waals surface area contributed by atoms with Crippen LogP contribution in [0.3, 0.4) is 0 Å². The SMILES string of the molecule is CCC(=O)NC1CC(C(=O)N2CCC(c3cc4cc(Cl)ccc4o3)CC2)C1. The number of furan rings is 1. The summed E-state index contributed by atoms with van der Waals surface area (Å²) in [6, 6.07) is 7.92. The van der Waals surface area contributed by atoms with E-state index in [0.717, 1.165) is 55.5 Å². The number of benzene rings is 1. The van der Waals surface area contributed by atoms with E-state index in [1.54, 1.807) is 0 Å². The number of halogens is 1. The number of carbonyl (C=O) groups is 2. The number of piperidine rings is 1. The highest BCUT2D eigenvalue weighted by molar-refractivity contribution is 6.31. The second kappa shape index (κ2) is 7.55. The third-order valence-electron chi connectivity index (χ3n) is 5.88. The molecule has 1 aromatic heterocycles. The van der Waals surface area contributed by atoms with Gasteiger partial charge in [-0.25, -0.2) is 0 Å². The van der Waals surface area contributed by atoms with Crippen molar-refractivity contribution in [3.8, 4) is 0 Å². The van der Waals surface area contributed by atoms with Gasteiger partial charge >= 0.3 is 0 Å². The van der Waals surface area contributed by atoms with Gasteiger partial charge in [0.15, 0.2) is 0 Å². The second-order valence-electron chi connectivity index (χ2n) is 7.72. The highest BCUT2D eigenvalue weighted by Gasteiger charge is 2.38. The van der Waals surface area contributed by atoms with Crippen molar-refractivity contribution in [3.63, 3.8) is 0 Å². The maximum Gasteiger partial charge on any atom is 0.225 e. The zero-order chi connectivity index (χ0) is 19.0. The normalized spacial score (nSPS) is 23.3. The molecule has 5 nitrogen and oxygen atoms in total. The van der Waals surface area contributed by atoms with Crippen LogP contribution in [0.25, 0.3) is 11.0 Å². The Balaban J connectivity index is 1.30. The maximum absolute atomic E-state index is 12.7. The molecule has 2 fully saturated rings. The van der Waals surface area contributed by atoms with Crippen LogP contribution in [0, 0.1) is 5.92 Å². The molecule has 1 saturated heterocycles. The van der Waals surface area contributed by atoms with Crippen LogP contribution in [0.15, 0.2) is 28.7 Å². The van der Waals surface area contributed by atoms with E-state index >= 15 is 0 Å². The fourth-order valence-corrected chi connectivity index (χ4v) is 4.33. The van der Waals surface area contributed by atoms with E-state index in [4.69, 9.17) is 16.0 Å². The highest BCUT2D eigenvalue weighted by atomic mass is 35.5. The van der Waals surface area contributed by atoms with Crippen molar-refractivity contribution in [1.82, 2.24) is 10.2 Å². The molecule has 4 rings (SSSR count). The molecule has 1 saturated carbocycles. The quantitative estimate of drug-likeness (QED) is 0.857. The molecular formula is C21H25ClN2O3. The molecule has 27 heavy (non-hydrogen) atoms. The molecule has 2 aromatic rings. The van der Waals surface area contributed by atoms with Crippen molar-refractivity contribution >= 4 is 34.4 Å². The standard InChI is InChI=1S/C21H25ClN2O3/c1-2-20(25)23-17-10-15(11-17)21(26)24-7-5-13(6-8-24)19-12-14-9-16(22)3-4-18(14)27-19/h3-4,9,12-13,15,17H,2,5-8,10-11H2,1H3,(H,23,25). The van der Waals surface area contributed by atoms with Crippen LogP contribution in [0.5, 0.6) is 0 Å². The molecule has 2 amide bonds. The predicted octanol–water partition coefficient (Wildman–Crippen LogP) is 4.10. The maximum atomic E-state index is 12.7. The van der Waals surface area contributed by atoms with Crippen molar-refractivity contribution in [2.45, 2.75) is 51.0 Å². The van der Waals surface area contributed by atoms with E-state index in [0.29, 0.717) is 17.4 Å². The van der Waals surface area contributed by atoms with Gasteiger partial charge in [0.1, 0.15) is 11.3 Å². The summed E-state index contributed by atoms with van der Waals surface area (Å²) in [5.74, 6) is 1.71. The average molecular weight is 389 g/mol. The second-order valence-corrected chi connectivity index (χ2v) is 8.15. The van der Waals surface area contributed by atoms with Gasteiger partial charge in [-0.1, -0.05) is 18.5 Å². The number of rotatable bonds is 4. The number of hydrogen-bond donors (Lipinski definition) is 1. The van der Waals surface area contributed by atoms with Crippen LogP contribution in [0.4, 0.5) is 0 Å². The summed E-state index contributed by atoms with van der Waals surface area (Å²) in [6.07, 6.45) is 3.88. The first-order chi connectivity index (χ1) is 13.0. The molecule has 1 aromatic carbocycles. The molecule has 0 atom stereocenters. The Morgan fingerprint density at radius 1 is 1.22 bits per heavy atom.